The van der Waals surface area contributed by atoms with Crippen LogP contribution in [0.5, 0.6) is 5.75 Å². The van der Waals surface area contributed by atoms with Crippen LogP contribution in [0, 0.1) is 18.8 Å². The number of hydrogen-bond donors (Lipinski definition) is 1. The van der Waals surface area contributed by atoms with Crippen molar-refractivity contribution in [3.8, 4) is 5.75 Å². The smallest absolute Gasteiger partial charge is 0.263 e. The van der Waals surface area contributed by atoms with Gasteiger partial charge in [-0.1, -0.05) is 57.7 Å². The van der Waals surface area contributed by atoms with E-state index < -0.39 is 0 Å². The molecule has 2 rings (SSSR count). The Morgan fingerprint density at radius 2 is 1.77 bits per heavy atom. The highest BCUT2D eigenvalue weighted by Crippen LogP contribution is 2.28. The summed E-state index contributed by atoms with van der Waals surface area (Å²) in [6, 6.07) is 3.42. The van der Waals surface area contributed by atoms with Gasteiger partial charge in [-0.25, -0.2) is 0 Å². The molecule has 35 heavy (non-hydrogen) atoms. The van der Waals surface area contributed by atoms with Gasteiger partial charge in [-0.05, 0) is 67.4 Å². The molecular weight excluding hydrogens is 440 g/mol. The summed E-state index contributed by atoms with van der Waals surface area (Å²) in [7, 11) is 0. The molecule has 1 aromatic carbocycles. The first-order valence-electron chi connectivity index (χ1n) is 12.6. The molecule has 0 unspecified atom stereocenters. The van der Waals surface area contributed by atoms with Gasteiger partial charge in [0.25, 0.3) is 5.91 Å². The Hall–Kier alpha value is -3.02. The number of aromatic hydroxyl groups is 1. The highest BCUT2D eigenvalue weighted by Gasteiger charge is 2.18. The highest BCUT2D eigenvalue weighted by atomic mass is 16.6. The van der Waals surface area contributed by atoms with Crippen molar-refractivity contribution < 1.29 is 19.5 Å². The summed E-state index contributed by atoms with van der Waals surface area (Å²) in [4.78, 5) is 20.2. The van der Waals surface area contributed by atoms with E-state index >= 15 is 0 Å². The number of carbonyl (C=O) groups excluding carboxylic acids is 1. The number of phenols is 1. The van der Waals surface area contributed by atoms with E-state index in [-0.39, 0.29) is 18.3 Å². The fraction of sp³-hybridized carbons (Fsp3) is 0.517. The third kappa shape index (κ3) is 10.0. The maximum Gasteiger partial charge on any atom is 0.263 e. The van der Waals surface area contributed by atoms with E-state index in [1.807, 2.05) is 17.9 Å². The number of nitrogens with zero attached hydrogens (tertiary/aromatic N) is 2. The fourth-order valence-corrected chi connectivity index (χ4v) is 4.09. The molecule has 0 fully saturated rings. The second-order valence-electron chi connectivity index (χ2n) is 9.93. The summed E-state index contributed by atoms with van der Waals surface area (Å²) in [6.07, 6.45) is 11.3. The summed E-state index contributed by atoms with van der Waals surface area (Å²) in [5.74, 6) is 1.44. The predicted octanol–water partition coefficient (Wildman–Crippen LogP) is 6.04. The van der Waals surface area contributed by atoms with Crippen LogP contribution in [0.4, 0.5) is 0 Å². The number of ether oxygens (including phenoxy) is 1. The SMILES string of the molecule is C=C1OCC/C=C/CC/C=C/C(=N/OCC(=O)N(CC(C)C)CC(C)C)Cc2cc(O)cc(C)c21. The Morgan fingerprint density at radius 1 is 1.11 bits per heavy atom. The van der Waals surface area contributed by atoms with Crippen LogP contribution in [0.1, 0.15) is 63.6 Å². The Balaban J connectivity index is 2.27. The molecule has 0 atom stereocenters. The van der Waals surface area contributed by atoms with E-state index in [0.717, 1.165) is 36.0 Å². The summed E-state index contributed by atoms with van der Waals surface area (Å²) in [5.41, 5.74) is 3.25. The topological polar surface area (TPSA) is 71.4 Å². The van der Waals surface area contributed by atoms with Gasteiger partial charge in [0.1, 0.15) is 11.5 Å². The van der Waals surface area contributed by atoms with E-state index in [1.54, 1.807) is 12.1 Å². The summed E-state index contributed by atoms with van der Waals surface area (Å²) in [5, 5.41) is 14.6. The quantitative estimate of drug-likeness (QED) is 0.380. The summed E-state index contributed by atoms with van der Waals surface area (Å²) >= 11 is 0. The monoisotopic (exact) mass is 482 g/mol. The fourth-order valence-electron chi connectivity index (χ4n) is 4.09. The number of allylic oxidation sites excluding steroid dienone is 3. The lowest BCUT2D eigenvalue weighted by Gasteiger charge is -2.25. The number of amides is 1. The second-order valence-corrected chi connectivity index (χ2v) is 9.93. The minimum absolute atomic E-state index is 0.0672. The van der Waals surface area contributed by atoms with Crippen molar-refractivity contribution in [1.82, 2.24) is 4.90 Å². The lowest BCUT2D eigenvalue weighted by Crippen LogP contribution is -2.39. The van der Waals surface area contributed by atoms with Crippen LogP contribution in [0.3, 0.4) is 0 Å². The Kier molecular flexibility index (Phi) is 11.6. The van der Waals surface area contributed by atoms with Crippen molar-refractivity contribution >= 4 is 17.4 Å². The van der Waals surface area contributed by atoms with Gasteiger partial charge in [0.15, 0.2) is 6.61 Å². The van der Waals surface area contributed by atoms with Gasteiger partial charge in [-0.3, -0.25) is 4.79 Å². The lowest BCUT2D eigenvalue weighted by molar-refractivity contribution is -0.137. The molecule has 1 heterocycles. The van der Waals surface area contributed by atoms with E-state index in [9.17, 15) is 9.90 Å². The standard InChI is InChI=1S/C29H42N2O4/c1-21(2)18-31(19-22(3)4)28(33)20-35-30-26-13-11-9-7-8-10-12-14-34-24(6)29-23(5)15-27(32)17-25(29)16-26/h8,10-11,13,15,17,21-22,32H,6-7,9,12,14,16,18-20H2,1-5H3/b10-8+,13-11+,30-26-. The molecule has 0 radical (unpaired) electrons. The number of phenolic OH excluding ortho intramolecular Hbond substituents is 1. The van der Waals surface area contributed by atoms with Crippen molar-refractivity contribution in [1.29, 1.82) is 0 Å². The molecule has 1 amide bonds. The van der Waals surface area contributed by atoms with Gasteiger partial charge in [-0.2, -0.15) is 0 Å². The number of benzene rings is 1. The summed E-state index contributed by atoms with van der Waals surface area (Å²) in [6.45, 7) is 16.3. The number of aryl methyl sites for hydroxylation is 1. The predicted molar refractivity (Wildman–Crippen MR) is 143 cm³/mol. The molecule has 0 aliphatic carbocycles. The Morgan fingerprint density at radius 3 is 2.46 bits per heavy atom. The van der Waals surface area contributed by atoms with Crippen molar-refractivity contribution in [2.24, 2.45) is 17.0 Å². The maximum atomic E-state index is 12.8. The van der Waals surface area contributed by atoms with Crippen LogP contribution in [0.2, 0.25) is 0 Å². The Labute approximate surface area is 211 Å². The molecule has 6 nitrogen and oxygen atoms in total. The van der Waals surface area contributed by atoms with Gasteiger partial charge in [-0.15, -0.1) is 0 Å². The van der Waals surface area contributed by atoms with Crippen LogP contribution in [-0.2, 0) is 20.8 Å². The highest BCUT2D eigenvalue weighted by molar-refractivity contribution is 5.97. The zero-order chi connectivity index (χ0) is 25.8. The van der Waals surface area contributed by atoms with Crippen LogP contribution in [0.25, 0.3) is 5.76 Å². The number of oxime groups is 1. The van der Waals surface area contributed by atoms with Gasteiger partial charge >= 0.3 is 0 Å². The van der Waals surface area contributed by atoms with E-state index in [0.29, 0.717) is 49.4 Å². The van der Waals surface area contributed by atoms with Crippen molar-refractivity contribution in [3.63, 3.8) is 0 Å². The van der Waals surface area contributed by atoms with Gasteiger partial charge in [0.05, 0.1) is 12.3 Å². The number of carbonyl (C=O) groups is 1. The van der Waals surface area contributed by atoms with Crippen molar-refractivity contribution in [2.45, 2.75) is 60.3 Å². The zero-order valence-electron chi connectivity index (χ0n) is 22.0. The van der Waals surface area contributed by atoms with E-state index in [1.165, 1.54) is 0 Å². The van der Waals surface area contributed by atoms with Crippen LogP contribution in [0.15, 0.2) is 48.2 Å². The number of rotatable bonds is 7. The average Bonchev–Trinajstić information content (AvgIpc) is 2.75. The Bertz CT molecular complexity index is 934. The number of hydrogen-bond acceptors (Lipinski definition) is 5. The first-order chi connectivity index (χ1) is 16.7. The van der Waals surface area contributed by atoms with Crippen LogP contribution in [-0.4, -0.2) is 47.9 Å². The maximum absolute atomic E-state index is 12.8. The molecular formula is C29H42N2O4. The molecule has 0 spiro atoms. The minimum Gasteiger partial charge on any atom is -0.508 e. The van der Waals surface area contributed by atoms with Gasteiger partial charge < -0.3 is 19.6 Å². The second kappa shape index (κ2) is 14.4. The normalized spacial score (nSPS) is 18.0. The summed E-state index contributed by atoms with van der Waals surface area (Å²) < 4.78 is 5.90. The molecule has 0 saturated heterocycles. The first-order valence-corrected chi connectivity index (χ1v) is 12.6. The van der Waals surface area contributed by atoms with Crippen molar-refractivity contribution in [3.05, 3.63) is 59.7 Å². The van der Waals surface area contributed by atoms with Crippen LogP contribution < -0.4 is 0 Å². The third-order valence-corrected chi connectivity index (χ3v) is 5.48. The molecule has 6 heteroatoms. The molecule has 0 aromatic heterocycles. The third-order valence-electron chi connectivity index (χ3n) is 5.48. The molecule has 0 bridgehead atoms. The first kappa shape index (κ1) is 28.2. The van der Waals surface area contributed by atoms with Crippen molar-refractivity contribution in [2.75, 3.05) is 26.3 Å². The molecule has 1 aliphatic heterocycles. The molecule has 1 N–H and O–H groups in total. The van der Waals surface area contributed by atoms with Gasteiger partial charge in [0, 0.05) is 25.1 Å². The van der Waals surface area contributed by atoms with E-state index in [4.69, 9.17) is 9.57 Å². The lowest BCUT2D eigenvalue weighted by atomic mass is 9.95. The van der Waals surface area contributed by atoms with Crippen LogP contribution >= 0.6 is 0 Å². The number of fused-ring (bicyclic) bond motifs is 1. The largest absolute Gasteiger partial charge is 0.508 e. The average molecular weight is 483 g/mol. The molecule has 1 aliphatic rings. The van der Waals surface area contributed by atoms with Gasteiger partial charge in [0.2, 0.25) is 0 Å². The minimum atomic E-state index is -0.110. The zero-order valence-corrected chi connectivity index (χ0v) is 22.0. The molecule has 1 aromatic rings. The molecule has 0 saturated carbocycles. The van der Waals surface area contributed by atoms with E-state index in [2.05, 4.69) is 57.7 Å². The molecule has 192 valence electrons.